The SMILES string of the molecule is CCN(c1ccccc1F)S(=O)(=O)c1ccc(C)c([N+](=O)[O-])c1. The van der Waals surface area contributed by atoms with Gasteiger partial charge in [0.05, 0.1) is 15.5 Å². The molecule has 8 heteroatoms. The van der Waals surface area contributed by atoms with Crippen molar-refractivity contribution in [3.8, 4) is 0 Å². The number of benzene rings is 2. The summed E-state index contributed by atoms with van der Waals surface area (Å²) in [6.45, 7) is 3.07. The number of halogens is 1. The van der Waals surface area contributed by atoms with Gasteiger partial charge in [-0.25, -0.2) is 12.8 Å². The third-order valence-corrected chi connectivity index (χ3v) is 5.26. The number of hydrogen-bond donors (Lipinski definition) is 0. The number of nitrogens with zero attached hydrogens (tertiary/aromatic N) is 2. The molecule has 0 saturated carbocycles. The van der Waals surface area contributed by atoms with E-state index >= 15 is 0 Å². The first kappa shape index (κ1) is 16.9. The molecule has 0 heterocycles. The molecule has 2 rings (SSSR count). The van der Waals surface area contributed by atoms with Gasteiger partial charge in [-0.15, -0.1) is 0 Å². The summed E-state index contributed by atoms with van der Waals surface area (Å²) in [4.78, 5) is 10.1. The lowest BCUT2D eigenvalue weighted by Crippen LogP contribution is -2.31. The van der Waals surface area contributed by atoms with Gasteiger partial charge in [0.15, 0.2) is 0 Å². The molecule has 0 aliphatic carbocycles. The number of para-hydroxylation sites is 1. The van der Waals surface area contributed by atoms with E-state index in [4.69, 9.17) is 0 Å². The van der Waals surface area contributed by atoms with Crippen molar-refractivity contribution in [2.75, 3.05) is 10.8 Å². The zero-order chi connectivity index (χ0) is 17.2. The molecule has 0 radical (unpaired) electrons. The van der Waals surface area contributed by atoms with Crippen LogP contribution in [0.25, 0.3) is 0 Å². The zero-order valence-electron chi connectivity index (χ0n) is 12.6. The Balaban J connectivity index is 2.59. The summed E-state index contributed by atoms with van der Waals surface area (Å²) in [5, 5.41) is 11.0. The maximum Gasteiger partial charge on any atom is 0.273 e. The van der Waals surface area contributed by atoms with Gasteiger partial charge in [0.25, 0.3) is 15.7 Å². The molecule has 0 amide bonds. The quantitative estimate of drug-likeness (QED) is 0.619. The number of rotatable bonds is 5. The fourth-order valence-electron chi connectivity index (χ4n) is 2.20. The van der Waals surface area contributed by atoms with E-state index in [-0.39, 0.29) is 22.8 Å². The molecule has 0 N–H and O–H groups in total. The number of anilines is 1. The first-order valence-electron chi connectivity index (χ1n) is 6.81. The molecule has 0 aliphatic heterocycles. The molecular weight excluding hydrogens is 323 g/mol. The van der Waals surface area contributed by atoms with Crippen LogP contribution < -0.4 is 4.31 Å². The summed E-state index contributed by atoms with van der Waals surface area (Å²) in [6.07, 6.45) is 0. The van der Waals surface area contributed by atoms with Crippen LogP contribution in [0.5, 0.6) is 0 Å². The van der Waals surface area contributed by atoms with Crippen molar-refractivity contribution in [2.45, 2.75) is 18.7 Å². The van der Waals surface area contributed by atoms with E-state index in [1.165, 1.54) is 37.3 Å². The van der Waals surface area contributed by atoms with E-state index in [9.17, 15) is 22.9 Å². The molecule has 23 heavy (non-hydrogen) atoms. The predicted molar refractivity (Wildman–Crippen MR) is 84.4 cm³/mol. The summed E-state index contributed by atoms with van der Waals surface area (Å²) in [5.41, 5.74) is -0.0446. The molecule has 0 saturated heterocycles. The van der Waals surface area contributed by atoms with Gasteiger partial charge in [-0.3, -0.25) is 14.4 Å². The summed E-state index contributed by atoms with van der Waals surface area (Å²) in [7, 11) is -4.11. The van der Waals surface area contributed by atoms with Crippen LogP contribution in [0.15, 0.2) is 47.4 Å². The Morgan fingerprint density at radius 3 is 2.43 bits per heavy atom. The molecular formula is C15H15FN2O4S. The number of aryl methyl sites for hydroxylation is 1. The van der Waals surface area contributed by atoms with Crippen molar-refractivity contribution in [1.82, 2.24) is 0 Å². The van der Waals surface area contributed by atoms with Crippen molar-refractivity contribution < 1.29 is 17.7 Å². The van der Waals surface area contributed by atoms with Crippen LogP contribution >= 0.6 is 0 Å². The van der Waals surface area contributed by atoms with Gasteiger partial charge < -0.3 is 0 Å². The van der Waals surface area contributed by atoms with Gasteiger partial charge in [0.2, 0.25) is 0 Å². The van der Waals surface area contributed by atoms with Crippen LogP contribution in [0.1, 0.15) is 12.5 Å². The lowest BCUT2D eigenvalue weighted by molar-refractivity contribution is -0.385. The van der Waals surface area contributed by atoms with Crippen LogP contribution in [-0.2, 0) is 10.0 Å². The Bertz CT molecular complexity index is 852. The molecule has 2 aromatic carbocycles. The molecule has 0 atom stereocenters. The monoisotopic (exact) mass is 338 g/mol. The van der Waals surface area contributed by atoms with Crippen molar-refractivity contribution in [2.24, 2.45) is 0 Å². The number of hydrogen-bond acceptors (Lipinski definition) is 4. The lowest BCUT2D eigenvalue weighted by Gasteiger charge is -2.23. The minimum Gasteiger partial charge on any atom is -0.264 e. The highest BCUT2D eigenvalue weighted by molar-refractivity contribution is 7.92. The molecule has 0 bridgehead atoms. The summed E-state index contributed by atoms with van der Waals surface area (Å²) >= 11 is 0. The maximum atomic E-state index is 13.9. The molecule has 0 unspecified atom stereocenters. The first-order chi connectivity index (χ1) is 10.8. The van der Waals surface area contributed by atoms with E-state index < -0.39 is 20.8 Å². The summed E-state index contributed by atoms with van der Waals surface area (Å²) in [5.74, 6) is -0.681. The highest BCUT2D eigenvalue weighted by Gasteiger charge is 2.27. The second-order valence-corrected chi connectivity index (χ2v) is 6.69. The second kappa shape index (κ2) is 6.33. The zero-order valence-corrected chi connectivity index (χ0v) is 13.4. The molecule has 122 valence electrons. The Morgan fingerprint density at radius 1 is 1.22 bits per heavy atom. The average Bonchev–Trinajstić information content (AvgIpc) is 2.49. The number of sulfonamides is 1. The highest BCUT2D eigenvalue weighted by atomic mass is 32.2. The predicted octanol–water partition coefficient (Wildman–Crippen LogP) is 3.26. The van der Waals surface area contributed by atoms with Crippen LogP contribution in [-0.4, -0.2) is 19.9 Å². The van der Waals surface area contributed by atoms with Crippen molar-refractivity contribution in [3.63, 3.8) is 0 Å². The summed E-state index contributed by atoms with van der Waals surface area (Å²) in [6, 6.07) is 9.11. The van der Waals surface area contributed by atoms with Crippen LogP contribution in [0.3, 0.4) is 0 Å². The minimum atomic E-state index is -4.11. The van der Waals surface area contributed by atoms with Crippen LogP contribution in [0, 0.1) is 22.9 Å². The maximum absolute atomic E-state index is 13.9. The van der Waals surface area contributed by atoms with Crippen LogP contribution in [0.2, 0.25) is 0 Å². The van der Waals surface area contributed by atoms with Crippen molar-refractivity contribution >= 4 is 21.4 Å². The van der Waals surface area contributed by atoms with Gasteiger partial charge in [0, 0.05) is 18.2 Å². The number of nitro benzene ring substituents is 1. The summed E-state index contributed by atoms with van der Waals surface area (Å²) < 4.78 is 40.3. The third-order valence-electron chi connectivity index (χ3n) is 3.37. The molecule has 6 nitrogen and oxygen atoms in total. The lowest BCUT2D eigenvalue weighted by atomic mass is 10.2. The fraction of sp³-hybridized carbons (Fsp3) is 0.200. The highest BCUT2D eigenvalue weighted by Crippen LogP contribution is 2.29. The van der Waals surface area contributed by atoms with E-state index in [2.05, 4.69) is 0 Å². The van der Waals surface area contributed by atoms with Crippen molar-refractivity contribution in [3.05, 3.63) is 64.0 Å². The van der Waals surface area contributed by atoms with Crippen molar-refractivity contribution in [1.29, 1.82) is 0 Å². The van der Waals surface area contributed by atoms with E-state index in [0.29, 0.717) is 5.56 Å². The minimum absolute atomic E-state index is 0.00899. The average molecular weight is 338 g/mol. The van der Waals surface area contributed by atoms with E-state index in [1.807, 2.05) is 0 Å². The topological polar surface area (TPSA) is 80.5 Å². The largest absolute Gasteiger partial charge is 0.273 e. The Labute approximate surface area is 133 Å². The molecule has 0 fully saturated rings. The van der Waals surface area contributed by atoms with Gasteiger partial charge >= 0.3 is 0 Å². The van der Waals surface area contributed by atoms with Gasteiger partial charge in [-0.05, 0) is 32.0 Å². The molecule has 0 aliphatic rings. The van der Waals surface area contributed by atoms with Gasteiger partial charge in [-0.1, -0.05) is 18.2 Å². The third kappa shape index (κ3) is 3.16. The van der Waals surface area contributed by atoms with Gasteiger partial charge in [-0.2, -0.15) is 0 Å². The second-order valence-electron chi connectivity index (χ2n) is 4.83. The van der Waals surface area contributed by atoms with E-state index in [1.54, 1.807) is 6.92 Å². The first-order valence-corrected chi connectivity index (χ1v) is 8.25. The molecule has 0 spiro atoms. The Hall–Kier alpha value is -2.48. The van der Waals surface area contributed by atoms with Gasteiger partial charge in [0.1, 0.15) is 5.82 Å². The fourth-order valence-corrected chi connectivity index (χ4v) is 3.70. The Morgan fingerprint density at radius 2 is 1.87 bits per heavy atom. The number of nitro groups is 1. The van der Waals surface area contributed by atoms with Crippen LogP contribution in [0.4, 0.5) is 15.8 Å². The molecule has 2 aromatic rings. The Kier molecular flexibility index (Phi) is 4.65. The normalized spacial score (nSPS) is 11.3. The molecule has 0 aromatic heterocycles. The smallest absolute Gasteiger partial charge is 0.264 e. The van der Waals surface area contributed by atoms with E-state index in [0.717, 1.165) is 16.4 Å². The standard InChI is InChI=1S/C15H15FN2O4S/c1-3-17(14-7-5-4-6-13(14)16)23(21,22)12-9-8-11(2)15(10-12)18(19)20/h4-10H,3H2,1-2H3.